The van der Waals surface area contributed by atoms with Crippen molar-refractivity contribution in [3.05, 3.63) is 70.8 Å². The molecular formula is C19H18N2O2. The fourth-order valence-electron chi connectivity index (χ4n) is 2.07. The SMILES string of the molecule is COc1ccc(CNC(=O)/C(C#N)=C\c2ccccc2C)cc1. The second kappa shape index (κ2) is 7.81. The number of rotatable bonds is 5. The van der Waals surface area contributed by atoms with Crippen LogP contribution in [0.15, 0.2) is 54.1 Å². The zero-order valence-electron chi connectivity index (χ0n) is 13.2. The van der Waals surface area contributed by atoms with Gasteiger partial charge in [-0.1, -0.05) is 36.4 Å². The summed E-state index contributed by atoms with van der Waals surface area (Å²) in [5.74, 6) is 0.379. The van der Waals surface area contributed by atoms with Gasteiger partial charge in [-0.3, -0.25) is 4.79 Å². The zero-order chi connectivity index (χ0) is 16.7. The summed E-state index contributed by atoms with van der Waals surface area (Å²) in [6.45, 7) is 2.30. The van der Waals surface area contributed by atoms with Gasteiger partial charge in [-0.05, 0) is 41.8 Å². The van der Waals surface area contributed by atoms with Gasteiger partial charge < -0.3 is 10.1 Å². The number of ether oxygens (including phenoxy) is 1. The molecule has 0 aromatic heterocycles. The van der Waals surface area contributed by atoms with Crippen molar-refractivity contribution in [1.82, 2.24) is 5.32 Å². The molecule has 0 heterocycles. The molecule has 0 atom stereocenters. The van der Waals surface area contributed by atoms with E-state index in [9.17, 15) is 10.1 Å². The molecule has 0 saturated heterocycles. The lowest BCUT2D eigenvalue weighted by Gasteiger charge is -2.06. The van der Waals surface area contributed by atoms with Crippen LogP contribution in [0.4, 0.5) is 0 Å². The summed E-state index contributed by atoms with van der Waals surface area (Å²) in [7, 11) is 1.60. The van der Waals surface area contributed by atoms with Crippen molar-refractivity contribution >= 4 is 12.0 Å². The highest BCUT2D eigenvalue weighted by Crippen LogP contribution is 2.13. The van der Waals surface area contributed by atoms with Crippen LogP contribution in [0.1, 0.15) is 16.7 Å². The number of carbonyl (C=O) groups is 1. The number of methoxy groups -OCH3 is 1. The number of carbonyl (C=O) groups excluding carboxylic acids is 1. The van der Waals surface area contributed by atoms with Crippen LogP contribution in [-0.2, 0) is 11.3 Å². The quantitative estimate of drug-likeness (QED) is 0.681. The van der Waals surface area contributed by atoms with Gasteiger partial charge in [0.15, 0.2) is 0 Å². The first-order chi connectivity index (χ1) is 11.1. The Hall–Kier alpha value is -3.06. The van der Waals surface area contributed by atoms with Crippen molar-refractivity contribution in [1.29, 1.82) is 5.26 Å². The summed E-state index contributed by atoms with van der Waals surface area (Å²) >= 11 is 0. The Bertz CT molecular complexity index is 756. The topological polar surface area (TPSA) is 62.1 Å². The molecule has 23 heavy (non-hydrogen) atoms. The van der Waals surface area contributed by atoms with Gasteiger partial charge in [0, 0.05) is 6.54 Å². The highest BCUT2D eigenvalue weighted by atomic mass is 16.5. The molecule has 0 aliphatic carbocycles. The average molecular weight is 306 g/mol. The summed E-state index contributed by atoms with van der Waals surface area (Å²) in [5, 5.41) is 12.0. The van der Waals surface area contributed by atoms with Gasteiger partial charge >= 0.3 is 0 Å². The predicted molar refractivity (Wildman–Crippen MR) is 89.6 cm³/mol. The molecule has 0 radical (unpaired) electrons. The van der Waals surface area contributed by atoms with Crippen molar-refractivity contribution in [2.24, 2.45) is 0 Å². The number of aryl methyl sites for hydroxylation is 1. The molecule has 0 aliphatic heterocycles. The van der Waals surface area contributed by atoms with Crippen LogP contribution in [-0.4, -0.2) is 13.0 Å². The van der Waals surface area contributed by atoms with Crippen molar-refractivity contribution in [2.45, 2.75) is 13.5 Å². The first kappa shape index (κ1) is 16.3. The molecular weight excluding hydrogens is 288 g/mol. The molecule has 2 aromatic carbocycles. The van der Waals surface area contributed by atoms with Crippen LogP contribution in [0.25, 0.3) is 6.08 Å². The van der Waals surface area contributed by atoms with E-state index in [1.807, 2.05) is 61.5 Å². The van der Waals surface area contributed by atoms with E-state index in [1.54, 1.807) is 13.2 Å². The van der Waals surface area contributed by atoms with Gasteiger partial charge in [0.2, 0.25) is 0 Å². The van der Waals surface area contributed by atoms with Crippen LogP contribution in [0.3, 0.4) is 0 Å². The van der Waals surface area contributed by atoms with E-state index in [0.29, 0.717) is 6.54 Å². The monoisotopic (exact) mass is 306 g/mol. The molecule has 2 aromatic rings. The molecule has 0 spiro atoms. The fourth-order valence-corrected chi connectivity index (χ4v) is 2.07. The molecule has 0 fully saturated rings. The van der Waals surface area contributed by atoms with Crippen LogP contribution >= 0.6 is 0 Å². The van der Waals surface area contributed by atoms with E-state index in [0.717, 1.165) is 22.4 Å². The third-order valence-corrected chi connectivity index (χ3v) is 3.47. The lowest BCUT2D eigenvalue weighted by Crippen LogP contribution is -2.23. The van der Waals surface area contributed by atoms with Gasteiger partial charge in [0.1, 0.15) is 17.4 Å². The molecule has 4 heteroatoms. The molecule has 1 N–H and O–H groups in total. The van der Waals surface area contributed by atoms with E-state index < -0.39 is 0 Å². The Morgan fingerprint density at radius 1 is 1.22 bits per heavy atom. The van der Waals surface area contributed by atoms with Gasteiger partial charge in [-0.15, -0.1) is 0 Å². The Kier molecular flexibility index (Phi) is 5.54. The van der Waals surface area contributed by atoms with Crippen LogP contribution < -0.4 is 10.1 Å². The van der Waals surface area contributed by atoms with E-state index in [2.05, 4.69) is 5.32 Å². The largest absolute Gasteiger partial charge is 0.497 e. The Morgan fingerprint density at radius 2 is 1.91 bits per heavy atom. The van der Waals surface area contributed by atoms with Crippen LogP contribution in [0.5, 0.6) is 5.75 Å². The number of nitrogens with one attached hydrogen (secondary N) is 1. The second-order valence-electron chi connectivity index (χ2n) is 5.06. The average Bonchev–Trinajstić information content (AvgIpc) is 2.59. The third kappa shape index (κ3) is 4.45. The standard InChI is InChI=1S/C19H18N2O2/c1-14-5-3-4-6-16(14)11-17(12-20)19(22)21-13-15-7-9-18(23-2)10-8-15/h3-11H,13H2,1-2H3,(H,21,22)/b17-11-. The summed E-state index contributed by atoms with van der Waals surface area (Å²) < 4.78 is 5.09. The minimum atomic E-state index is -0.383. The first-order valence-electron chi connectivity index (χ1n) is 7.22. The van der Waals surface area contributed by atoms with Crippen molar-refractivity contribution < 1.29 is 9.53 Å². The van der Waals surface area contributed by atoms with Gasteiger partial charge in [-0.25, -0.2) is 0 Å². The number of nitriles is 1. The predicted octanol–water partition coefficient (Wildman–Crippen LogP) is 3.23. The maximum Gasteiger partial charge on any atom is 0.262 e. The molecule has 0 bridgehead atoms. The number of nitrogens with zero attached hydrogens (tertiary/aromatic N) is 1. The number of benzene rings is 2. The molecule has 4 nitrogen and oxygen atoms in total. The highest BCUT2D eigenvalue weighted by Gasteiger charge is 2.09. The Balaban J connectivity index is 2.05. The maximum absolute atomic E-state index is 12.2. The zero-order valence-corrected chi connectivity index (χ0v) is 13.2. The third-order valence-electron chi connectivity index (χ3n) is 3.47. The normalized spacial score (nSPS) is 10.7. The van der Waals surface area contributed by atoms with E-state index in [1.165, 1.54) is 0 Å². The Morgan fingerprint density at radius 3 is 2.52 bits per heavy atom. The molecule has 116 valence electrons. The van der Waals surface area contributed by atoms with E-state index in [-0.39, 0.29) is 11.5 Å². The number of amides is 1. The smallest absolute Gasteiger partial charge is 0.262 e. The molecule has 1 amide bonds. The molecule has 0 aliphatic rings. The van der Waals surface area contributed by atoms with Crippen molar-refractivity contribution in [3.63, 3.8) is 0 Å². The first-order valence-corrected chi connectivity index (χ1v) is 7.22. The maximum atomic E-state index is 12.2. The number of hydrogen-bond acceptors (Lipinski definition) is 3. The van der Waals surface area contributed by atoms with E-state index >= 15 is 0 Å². The highest BCUT2D eigenvalue weighted by molar-refractivity contribution is 6.01. The summed E-state index contributed by atoms with van der Waals surface area (Å²) in [6, 6.07) is 17.0. The molecule has 2 rings (SSSR count). The molecule has 0 unspecified atom stereocenters. The lowest BCUT2D eigenvalue weighted by molar-refractivity contribution is -0.117. The van der Waals surface area contributed by atoms with Gasteiger partial charge in [0.25, 0.3) is 5.91 Å². The van der Waals surface area contributed by atoms with Crippen LogP contribution in [0, 0.1) is 18.3 Å². The van der Waals surface area contributed by atoms with Gasteiger partial charge in [-0.2, -0.15) is 5.26 Å². The van der Waals surface area contributed by atoms with Crippen molar-refractivity contribution in [2.75, 3.05) is 7.11 Å². The number of hydrogen-bond donors (Lipinski definition) is 1. The van der Waals surface area contributed by atoms with Crippen LogP contribution in [0.2, 0.25) is 0 Å². The Labute approximate surface area is 136 Å². The summed E-state index contributed by atoms with van der Waals surface area (Å²) in [5.41, 5.74) is 2.91. The second-order valence-corrected chi connectivity index (χ2v) is 5.06. The fraction of sp³-hybridized carbons (Fsp3) is 0.158. The van der Waals surface area contributed by atoms with E-state index in [4.69, 9.17) is 4.74 Å². The minimum Gasteiger partial charge on any atom is -0.497 e. The molecule has 0 saturated carbocycles. The van der Waals surface area contributed by atoms with Gasteiger partial charge in [0.05, 0.1) is 7.11 Å². The summed E-state index contributed by atoms with van der Waals surface area (Å²) in [4.78, 5) is 12.2. The lowest BCUT2D eigenvalue weighted by atomic mass is 10.1. The minimum absolute atomic E-state index is 0.0906. The van der Waals surface area contributed by atoms with Crippen molar-refractivity contribution in [3.8, 4) is 11.8 Å². The summed E-state index contributed by atoms with van der Waals surface area (Å²) in [6.07, 6.45) is 1.61.